The molecule has 2 nitrogen and oxygen atoms in total. The molecule has 0 aliphatic carbocycles. The molecule has 2 heteroatoms. The van der Waals surface area contributed by atoms with Crippen LogP contribution in [0.5, 0.6) is 0 Å². The number of benzene rings is 5. The number of hydrogen-bond donors (Lipinski definition) is 1. The minimum atomic E-state index is 0.840. The second kappa shape index (κ2) is 4.51. The van der Waals surface area contributed by atoms with Crippen molar-refractivity contribution in [3.8, 4) is 0 Å². The molecule has 0 amide bonds. The number of nitrogens with zero attached hydrogens (tertiary/aromatic N) is 1. The van der Waals surface area contributed by atoms with Crippen LogP contribution >= 0.6 is 0 Å². The van der Waals surface area contributed by atoms with E-state index in [1.165, 1.54) is 43.4 Å². The Balaban J connectivity index is 2.25. The average Bonchev–Trinajstić information content (AvgIpc) is 2.60. The summed E-state index contributed by atoms with van der Waals surface area (Å²) < 4.78 is 0. The summed E-state index contributed by atoms with van der Waals surface area (Å²) >= 11 is 0. The molecule has 0 bridgehead atoms. The van der Waals surface area contributed by atoms with Crippen molar-refractivity contribution in [3.63, 3.8) is 0 Å². The second-order valence-electron chi connectivity index (χ2n) is 6.69. The lowest BCUT2D eigenvalue weighted by Crippen LogP contribution is -2.09. The fourth-order valence-electron chi connectivity index (χ4n) is 4.10. The van der Waals surface area contributed by atoms with Crippen molar-refractivity contribution in [2.24, 2.45) is 0 Å². The Morgan fingerprint density at radius 1 is 0.625 bits per heavy atom. The van der Waals surface area contributed by atoms with E-state index >= 15 is 0 Å². The van der Waals surface area contributed by atoms with Gasteiger partial charge in [0.05, 0.1) is 0 Å². The molecule has 0 spiro atoms. The molecule has 2 N–H and O–H groups in total. The van der Waals surface area contributed by atoms with E-state index in [1.54, 1.807) is 0 Å². The molecule has 0 saturated heterocycles. The molecule has 116 valence electrons. The predicted octanol–water partition coefficient (Wildman–Crippen LogP) is 5.39. The average molecular weight is 310 g/mol. The highest BCUT2D eigenvalue weighted by atomic mass is 15.1. The fraction of sp³-hybridized carbons (Fsp3) is 0.0909. The van der Waals surface area contributed by atoms with Gasteiger partial charge < -0.3 is 10.6 Å². The first-order valence-corrected chi connectivity index (χ1v) is 8.22. The van der Waals surface area contributed by atoms with Gasteiger partial charge in [-0.1, -0.05) is 48.5 Å². The van der Waals surface area contributed by atoms with Gasteiger partial charge in [0, 0.05) is 41.6 Å². The summed E-state index contributed by atoms with van der Waals surface area (Å²) in [6, 6.07) is 21.7. The van der Waals surface area contributed by atoms with Crippen LogP contribution in [0.15, 0.2) is 60.7 Å². The third kappa shape index (κ3) is 1.55. The van der Waals surface area contributed by atoms with E-state index < -0.39 is 0 Å². The summed E-state index contributed by atoms with van der Waals surface area (Å²) in [7, 11) is 4.20. The molecule has 0 aliphatic rings. The van der Waals surface area contributed by atoms with Crippen LogP contribution in [0.25, 0.3) is 43.1 Å². The summed E-state index contributed by atoms with van der Waals surface area (Å²) in [6.07, 6.45) is 0. The summed E-state index contributed by atoms with van der Waals surface area (Å²) in [5.41, 5.74) is 8.38. The van der Waals surface area contributed by atoms with Crippen molar-refractivity contribution >= 4 is 54.5 Å². The van der Waals surface area contributed by atoms with Gasteiger partial charge in [-0.2, -0.15) is 0 Å². The zero-order valence-electron chi connectivity index (χ0n) is 13.8. The van der Waals surface area contributed by atoms with Gasteiger partial charge in [-0.3, -0.25) is 0 Å². The largest absolute Gasteiger partial charge is 0.398 e. The van der Waals surface area contributed by atoms with Crippen LogP contribution in [-0.4, -0.2) is 14.1 Å². The standard InChI is InChI=1S/C22H18N2/c1-24(2)19-12-10-16-18(23)11-9-15-14-7-3-5-13-6-4-8-17(20(13)14)22(19)21(15)16/h3-12H,23H2,1-2H3. The lowest BCUT2D eigenvalue weighted by molar-refractivity contribution is 1.14. The van der Waals surface area contributed by atoms with Crippen LogP contribution in [-0.2, 0) is 0 Å². The van der Waals surface area contributed by atoms with E-state index in [9.17, 15) is 0 Å². The summed E-state index contributed by atoms with van der Waals surface area (Å²) in [5.74, 6) is 0. The number of fused-ring (bicyclic) bond motifs is 2. The maximum atomic E-state index is 6.30. The smallest absolute Gasteiger partial charge is 0.0447 e. The number of nitrogens with two attached hydrogens (primary N) is 1. The number of nitrogen functional groups attached to an aromatic ring is 1. The van der Waals surface area contributed by atoms with Crippen molar-refractivity contribution in [3.05, 3.63) is 60.7 Å². The first kappa shape index (κ1) is 13.4. The van der Waals surface area contributed by atoms with Crippen LogP contribution in [0.2, 0.25) is 0 Å². The van der Waals surface area contributed by atoms with Crippen LogP contribution in [0.4, 0.5) is 11.4 Å². The van der Waals surface area contributed by atoms with Crippen LogP contribution in [0.3, 0.4) is 0 Å². The molecule has 0 heterocycles. The minimum absolute atomic E-state index is 0.840. The first-order valence-electron chi connectivity index (χ1n) is 8.22. The van der Waals surface area contributed by atoms with Crippen molar-refractivity contribution in [1.82, 2.24) is 0 Å². The zero-order chi connectivity index (χ0) is 16.4. The second-order valence-corrected chi connectivity index (χ2v) is 6.69. The third-order valence-electron chi connectivity index (χ3n) is 5.14. The maximum absolute atomic E-state index is 6.30. The molecule has 5 aromatic rings. The van der Waals surface area contributed by atoms with Gasteiger partial charge in [0.1, 0.15) is 0 Å². The normalized spacial score (nSPS) is 11.9. The van der Waals surface area contributed by atoms with E-state index in [0.717, 1.165) is 11.1 Å². The lowest BCUT2D eigenvalue weighted by Gasteiger charge is -2.21. The SMILES string of the molecule is CN(C)c1ccc2c(N)ccc3c4cccc5cccc(c1c23)c54. The summed E-state index contributed by atoms with van der Waals surface area (Å²) in [5, 5.41) is 10.2. The van der Waals surface area contributed by atoms with Crippen molar-refractivity contribution in [2.45, 2.75) is 0 Å². The highest BCUT2D eigenvalue weighted by Gasteiger charge is 2.16. The Bertz CT molecular complexity index is 1230. The van der Waals surface area contributed by atoms with E-state index in [2.05, 4.69) is 73.6 Å². The zero-order valence-corrected chi connectivity index (χ0v) is 13.8. The van der Waals surface area contributed by atoms with E-state index in [-0.39, 0.29) is 0 Å². The molecule has 0 radical (unpaired) electrons. The Morgan fingerprint density at radius 3 is 2.04 bits per heavy atom. The summed E-state index contributed by atoms with van der Waals surface area (Å²) in [6.45, 7) is 0. The molecule has 24 heavy (non-hydrogen) atoms. The molecule has 0 atom stereocenters. The number of anilines is 2. The molecule has 5 rings (SSSR count). The van der Waals surface area contributed by atoms with Gasteiger partial charge in [0.2, 0.25) is 0 Å². The maximum Gasteiger partial charge on any atom is 0.0447 e. The molecule has 0 aliphatic heterocycles. The highest BCUT2D eigenvalue weighted by Crippen LogP contribution is 2.44. The van der Waals surface area contributed by atoms with Crippen LogP contribution in [0, 0.1) is 0 Å². The number of rotatable bonds is 1. The van der Waals surface area contributed by atoms with Crippen molar-refractivity contribution < 1.29 is 0 Å². The monoisotopic (exact) mass is 310 g/mol. The van der Waals surface area contributed by atoms with Gasteiger partial charge in [0.15, 0.2) is 0 Å². The Labute approximate surface area is 140 Å². The summed E-state index contributed by atoms with van der Waals surface area (Å²) in [4.78, 5) is 2.19. The molecule has 0 unspecified atom stereocenters. The van der Waals surface area contributed by atoms with Gasteiger partial charge in [-0.05, 0) is 39.1 Å². The Hall–Kier alpha value is -3.00. The molecule has 0 saturated carbocycles. The van der Waals surface area contributed by atoms with E-state index in [1.807, 2.05) is 6.07 Å². The third-order valence-corrected chi connectivity index (χ3v) is 5.14. The molecular formula is C22H18N2. The van der Waals surface area contributed by atoms with Crippen LogP contribution < -0.4 is 10.6 Å². The minimum Gasteiger partial charge on any atom is -0.398 e. The first-order chi connectivity index (χ1) is 11.7. The predicted molar refractivity (Wildman–Crippen MR) is 106 cm³/mol. The fourth-order valence-corrected chi connectivity index (χ4v) is 4.10. The highest BCUT2D eigenvalue weighted by molar-refractivity contribution is 6.36. The quantitative estimate of drug-likeness (QED) is 0.256. The van der Waals surface area contributed by atoms with Gasteiger partial charge in [0.25, 0.3) is 0 Å². The number of hydrogen-bond acceptors (Lipinski definition) is 2. The Kier molecular flexibility index (Phi) is 2.53. The van der Waals surface area contributed by atoms with E-state index in [0.29, 0.717) is 0 Å². The van der Waals surface area contributed by atoms with Gasteiger partial charge in [-0.15, -0.1) is 0 Å². The topological polar surface area (TPSA) is 29.3 Å². The van der Waals surface area contributed by atoms with Crippen LogP contribution in [0.1, 0.15) is 0 Å². The van der Waals surface area contributed by atoms with Crippen molar-refractivity contribution in [1.29, 1.82) is 0 Å². The Morgan fingerprint density at radius 2 is 1.29 bits per heavy atom. The van der Waals surface area contributed by atoms with Gasteiger partial charge in [-0.25, -0.2) is 0 Å². The lowest BCUT2D eigenvalue weighted by atomic mass is 9.88. The molecule has 0 aromatic heterocycles. The van der Waals surface area contributed by atoms with Crippen molar-refractivity contribution in [2.75, 3.05) is 24.7 Å². The van der Waals surface area contributed by atoms with Gasteiger partial charge >= 0.3 is 0 Å². The molecular weight excluding hydrogens is 292 g/mol. The molecule has 0 fully saturated rings. The molecule has 5 aromatic carbocycles. The van der Waals surface area contributed by atoms with E-state index in [4.69, 9.17) is 5.73 Å².